The third kappa shape index (κ3) is 4.14. The van der Waals surface area contributed by atoms with Gasteiger partial charge >= 0.3 is 5.97 Å². The average molecular weight is 425 g/mol. The van der Waals surface area contributed by atoms with E-state index in [-0.39, 0.29) is 17.2 Å². The van der Waals surface area contributed by atoms with Gasteiger partial charge in [0.05, 0.1) is 5.41 Å². The Bertz CT molecular complexity index is 845. The van der Waals surface area contributed by atoms with E-state index < -0.39 is 25.8 Å². The summed E-state index contributed by atoms with van der Waals surface area (Å²) in [6.07, 6.45) is -0.113. The van der Waals surface area contributed by atoms with Gasteiger partial charge in [0.15, 0.2) is 5.78 Å². The molecule has 0 N–H and O–H groups in total. The maximum absolute atomic E-state index is 12.4. The molecule has 1 aliphatic heterocycles. The van der Waals surface area contributed by atoms with Crippen LogP contribution in [0, 0.1) is 5.41 Å². The molecule has 1 atom stereocenters. The van der Waals surface area contributed by atoms with Crippen LogP contribution in [0.5, 0.6) is 0 Å². The second kappa shape index (κ2) is 8.48. The van der Waals surface area contributed by atoms with Crippen molar-refractivity contribution in [2.45, 2.75) is 58.6 Å². The molecule has 0 spiro atoms. The highest BCUT2D eigenvalue weighted by Gasteiger charge is 2.51. The van der Waals surface area contributed by atoms with Gasteiger partial charge in [0, 0.05) is 13.0 Å². The molecule has 1 saturated heterocycles. The van der Waals surface area contributed by atoms with E-state index in [1.807, 2.05) is 26.0 Å². The number of ether oxygens (including phenoxy) is 1. The van der Waals surface area contributed by atoms with E-state index in [4.69, 9.17) is 9.16 Å². The first kappa shape index (κ1) is 22.4. The normalized spacial score (nSPS) is 19.4. The van der Waals surface area contributed by atoms with Crippen LogP contribution in [-0.4, -0.2) is 32.8 Å². The number of benzene rings is 2. The van der Waals surface area contributed by atoms with Crippen LogP contribution in [0.15, 0.2) is 60.7 Å². The molecule has 0 radical (unpaired) electrons. The lowest BCUT2D eigenvalue weighted by Crippen LogP contribution is -2.66. The Labute approximate surface area is 180 Å². The predicted molar refractivity (Wildman–Crippen MR) is 121 cm³/mol. The van der Waals surface area contributed by atoms with Crippen molar-refractivity contribution in [1.82, 2.24) is 0 Å². The summed E-state index contributed by atoms with van der Waals surface area (Å²) in [5, 5.41) is 2.30. The number of hydrogen-bond donors (Lipinski definition) is 0. The maximum atomic E-state index is 12.4. The molecule has 1 aliphatic rings. The highest BCUT2D eigenvalue weighted by molar-refractivity contribution is 6.99. The van der Waals surface area contributed by atoms with Gasteiger partial charge in [-0.2, -0.15) is 0 Å². The maximum Gasteiger partial charge on any atom is 0.313 e. The number of carbonyl (C=O) groups excluding carboxylic acids is 2. The molecule has 160 valence electrons. The molecule has 1 fully saturated rings. The Balaban J connectivity index is 1.94. The van der Waals surface area contributed by atoms with E-state index >= 15 is 0 Å². The van der Waals surface area contributed by atoms with E-state index in [1.165, 1.54) is 10.4 Å². The summed E-state index contributed by atoms with van der Waals surface area (Å²) in [6, 6.07) is 20.9. The van der Waals surface area contributed by atoms with Crippen molar-refractivity contribution in [3.8, 4) is 0 Å². The smallest absolute Gasteiger partial charge is 0.313 e. The minimum absolute atomic E-state index is 0.0609. The Kier molecular flexibility index (Phi) is 6.34. The van der Waals surface area contributed by atoms with Gasteiger partial charge in [0.1, 0.15) is 12.5 Å². The van der Waals surface area contributed by atoms with Gasteiger partial charge in [-0.3, -0.25) is 9.59 Å². The number of ketones is 1. The SMILES string of the molecule is CC1(C)C(=O)CC(=O)O[C@@H]1CCO[Si](c1ccccc1)(c1ccccc1)C(C)(C)C. The number of carbonyl (C=O) groups is 2. The van der Waals surface area contributed by atoms with Crippen molar-refractivity contribution < 1.29 is 18.8 Å². The number of Topliss-reactive ketones (excluding diaryl/α,β-unsaturated/α-hetero) is 1. The van der Waals surface area contributed by atoms with Crippen molar-refractivity contribution in [2.75, 3.05) is 6.61 Å². The highest BCUT2D eigenvalue weighted by atomic mass is 28.4. The largest absolute Gasteiger partial charge is 0.461 e. The molecule has 3 rings (SSSR count). The molecule has 0 unspecified atom stereocenters. The van der Waals surface area contributed by atoms with E-state index in [9.17, 15) is 9.59 Å². The minimum atomic E-state index is -2.64. The average Bonchev–Trinajstić information content (AvgIpc) is 2.69. The van der Waals surface area contributed by atoms with Gasteiger partial charge in [-0.15, -0.1) is 0 Å². The zero-order chi connectivity index (χ0) is 22.0. The zero-order valence-electron chi connectivity index (χ0n) is 18.6. The first-order valence-corrected chi connectivity index (χ1v) is 12.5. The Morgan fingerprint density at radius 3 is 1.93 bits per heavy atom. The summed E-state index contributed by atoms with van der Waals surface area (Å²) in [6.45, 7) is 10.8. The van der Waals surface area contributed by atoms with Crippen molar-refractivity contribution in [1.29, 1.82) is 0 Å². The van der Waals surface area contributed by atoms with Gasteiger partial charge in [-0.25, -0.2) is 0 Å². The number of esters is 1. The van der Waals surface area contributed by atoms with Crippen molar-refractivity contribution in [2.24, 2.45) is 5.41 Å². The molecule has 0 aromatic heterocycles. The number of cyclic esters (lactones) is 1. The third-order valence-corrected chi connectivity index (χ3v) is 11.3. The molecule has 4 nitrogen and oxygen atoms in total. The number of rotatable bonds is 6. The summed E-state index contributed by atoms with van der Waals surface area (Å²) in [5.41, 5.74) is -0.692. The second-order valence-electron chi connectivity index (χ2n) is 9.60. The molecule has 0 bridgehead atoms. The molecule has 2 aromatic rings. The van der Waals surface area contributed by atoms with Crippen molar-refractivity contribution in [3.05, 3.63) is 60.7 Å². The molecule has 0 amide bonds. The van der Waals surface area contributed by atoms with E-state index in [1.54, 1.807) is 0 Å². The van der Waals surface area contributed by atoms with Crippen molar-refractivity contribution in [3.63, 3.8) is 0 Å². The first-order valence-electron chi connectivity index (χ1n) is 10.6. The van der Waals surface area contributed by atoms with Crippen LogP contribution in [-0.2, 0) is 18.8 Å². The second-order valence-corrected chi connectivity index (χ2v) is 13.9. The van der Waals surface area contributed by atoms with Crippen LogP contribution in [0.25, 0.3) is 0 Å². The molecular weight excluding hydrogens is 392 g/mol. The van der Waals surface area contributed by atoms with Gasteiger partial charge in [0.25, 0.3) is 8.32 Å². The summed E-state index contributed by atoms with van der Waals surface area (Å²) in [7, 11) is -2.64. The fourth-order valence-electron chi connectivity index (χ4n) is 4.39. The van der Waals surface area contributed by atoms with Crippen LogP contribution < -0.4 is 10.4 Å². The van der Waals surface area contributed by atoms with Gasteiger partial charge in [0.2, 0.25) is 0 Å². The van der Waals surface area contributed by atoms with Gasteiger partial charge < -0.3 is 9.16 Å². The molecule has 0 saturated carbocycles. The molecule has 1 heterocycles. The Morgan fingerprint density at radius 1 is 0.967 bits per heavy atom. The standard InChI is InChI=1S/C25H32O4Si/c1-24(2,3)30(19-12-8-6-9-13-19,20-14-10-7-11-15-20)28-17-16-22-25(4,5)21(26)18-23(27)29-22/h6-15,22H,16-18H2,1-5H3/t22-/m1/s1. The fraction of sp³-hybridized carbons (Fsp3) is 0.440. The number of hydrogen-bond acceptors (Lipinski definition) is 4. The highest BCUT2D eigenvalue weighted by Crippen LogP contribution is 2.38. The van der Waals surface area contributed by atoms with Crippen LogP contribution in [0.1, 0.15) is 47.5 Å². The lowest BCUT2D eigenvalue weighted by atomic mass is 9.77. The third-order valence-electron chi connectivity index (χ3n) is 6.22. The molecule has 0 aliphatic carbocycles. The topological polar surface area (TPSA) is 52.6 Å². The quantitative estimate of drug-likeness (QED) is 0.401. The molecule has 5 heteroatoms. The van der Waals surface area contributed by atoms with Gasteiger partial charge in [-0.05, 0) is 29.3 Å². The van der Waals surface area contributed by atoms with Crippen LogP contribution in [0.2, 0.25) is 5.04 Å². The lowest BCUT2D eigenvalue weighted by Gasteiger charge is -2.44. The predicted octanol–water partition coefficient (Wildman–Crippen LogP) is 3.86. The van der Waals surface area contributed by atoms with Gasteiger partial charge in [-0.1, -0.05) is 81.4 Å². The Morgan fingerprint density at radius 2 is 1.47 bits per heavy atom. The van der Waals surface area contributed by atoms with Crippen molar-refractivity contribution >= 4 is 30.4 Å². The first-order chi connectivity index (χ1) is 14.1. The Hall–Kier alpha value is -2.24. The van der Waals surface area contributed by atoms with E-state index in [0.717, 1.165) is 0 Å². The molecule has 2 aromatic carbocycles. The summed E-state index contributed by atoms with van der Waals surface area (Å²) >= 11 is 0. The molecular formula is C25H32O4Si. The zero-order valence-corrected chi connectivity index (χ0v) is 19.6. The molecule has 30 heavy (non-hydrogen) atoms. The van der Waals surface area contributed by atoms with E-state index in [2.05, 4.69) is 69.3 Å². The van der Waals surface area contributed by atoms with Crippen LogP contribution in [0.3, 0.4) is 0 Å². The van der Waals surface area contributed by atoms with Crippen LogP contribution >= 0.6 is 0 Å². The monoisotopic (exact) mass is 424 g/mol. The summed E-state index contributed by atoms with van der Waals surface area (Å²) in [4.78, 5) is 24.2. The van der Waals surface area contributed by atoms with Crippen LogP contribution in [0.4, 0.5) is 0 Å². The van der Waals surface area contributed by atoms with E-state index in [0.29, 0.717) is 13.0 Å². The summed E-state index contributed by atoms with van der Waals surface area (Å²) < 4.78 is 12.4. The fourth-order valence-corrected chi connectivity index (χ4v) is 8.97. The summed E-state index contributed by atoms with van der Waals surface area (Å²) in [5.74, 6) is -0.496. The lowest BCUT2D eigenvalue weighted by molar-refractivity contribution is -0.170. The minimum Gasteiger partial charge on any atom is -0.461 e.